The van der Waals surface area contributed by atoms with Gasteiger partial charge in [0.25, 0.3) is 0 Å². The maximum absolute atomic E-state index is 11.5. The van der Waals surface area contributed by atoms with Gasteiger partial charge in [-0.25, -0.2) is 0 Å². The molecule has 1 aromatic carbocycles. The van der Waals surface area contributed by atoms with Crippen molar-refractivity contribution >= 4 is 40.7 Å². The van der Waals surface area contributed by atoms with Crippen molar-refractivity contribution in [2.24, 2.45) is 0 Å². The normalized spacial score (nSPS) is 14.2. The zero-order valence-electron chi connectivity index (χ0n) is 8.80. The fraction of sp³-hybridized carbons (Fsp3) is 0.273. The fourth-order valence-electron chi connectivity index (χ4n) is 1.25. The second kappa shape index (κ2) is 4.94. The quantitative estimate of drug-likeness (QED) is 0.811. The maximum Gasteiger partial charge on any atom is 0.313 e. The smallest absolute Gasteiger partial charge is 0.313 e. The number of nitrogens with one attached hydrogen (secondary N) is 2. The summed E-state index contributed by atoms with van der Waals surface area (Å²) in [6.45, 7) is 0. The SMILES string of the molecule is O=C(Nc1cc(Cl)ccc1Cl)C(=O)NC1CC1. The van der Waals surface area contributed by atoms with Crippen LogP contribution in [0.3, 0.4) is 0 Å². The van der Waals surface area contributed by atoms with E-state index < -0.39 is 11.8 Å². The summed E-state index contributed by atoms with van der Waals surface area (Å²) in [5.41, 5.74) is 0.329. The van der Waals surface area contributed by atoms with E-state index in [4.69, 9.17) is 23.2 Å². The minimum absolute atomic E-state index is 0.142. The van der Waals surface area contributed by atoms with Crippen LogP contribution >= 0.6 is 23.2 Å². The summed E-state index contributed by atoms with van der Waals surface area (Å²) in [6, 6.07) is 4.79. The fourth-order valence-corrected chi connectivity index (χ4v) is 1.59. The molecule has 0 radical (unpaired) electrons. The van der Waals surface area contributed by atoms with Crippen LogP contribution in [-0.4, -0.2) is 17.9 Å². The predicted octanol–water partition coefficient (Wildman–Crippen LogP) is 2.21. The molecule has 0 aliphatic heterocycles. The first-order valence-corrected chi connectivity index (χ1v) is 5.89. The minimum Gasteiger partial charge on any atom is -0.345 e. The molecule has 0 heterocycles. The Bertz CT molecular complexity index is 473. The zero-order chi connectivity index (χ0) is 12.4. The van der Waals surface area contributed by atoms with Gasteiger partial charge >= 0.3 is 11.8 Å². The highest BCUT2D eigenvalue weighted by Crippen LogP contribution is 2.25. The maximum atomic E-state index is 11.5. The third-order valence-corrected chi connectivity index (χ3v) is 2.86. The molecule has 1 fully saturated rings. The highest BCUT2D eigenvalue weighted by molar-refractivity contribution is 6.42. The molecule has 0 spiro atoms. The third-order valence-electron chi connectivity index (χ3n) is 2.30. The molecule has 0 atom stereocenters. The minimum atomic E-state index is -0.735. The van der Waals surface area contributed by atoms with E-state index in [0.29, 0.717) is 15.7 Å². The van der Waals surface area contributed by atoms with Gasteiger partial charge in [-0.1, -0.05) is 23.2 Å². The summed E-state index contributed by atoms with van der Waals surface area (Å²) >= 11 is 11.6. The topological polar surface area (TPSA) is 58.2 Å². The van der Waals surface area contributed by atoms with E-state index in [1.165, 1.54) is 6.07 Å². The van der Waals surface area contributed by atoms with Crippen LogP contribution in [0.2, 0.25) is 10.0 Å². The molecule has 1 saturated carbocycles. The van der Waals surface area contributed by atoms with Crippen molar-refractivity contribution in [3.05, 3.63) is 28.2 Å². The van der Waals surface area contributed by atoms with Gasteiger partial charge < -0.3 is 10.6 Å². The van der Waals surface area contributed by atoms with Gasteiger partial charge in [0.2, 0.25) is 0 Å². The van der Waals surface area contributed by atoms with E-state index in [0.717, 1.165) is 12.8 Å². The van der Waals surface area contributed by atoms with Crippen molar-refractivity contribution in [2.75, 3.05) is 5.32 Å². The molecule has 0 unspecified atom stereocenters. The number of rotatable bonds is 2. The van der Waals surface area contributed by atoms with Gasteiger partial charge in [-0.3, -0.25) is 9.59 Å². The van der Waals surface area contributed by atoms with E-state index in [1.54, 1.807) is 12.1 Å². The summed E-state index contributed by atoms with van der Waals surface area (Å²) in [5.74, 6) is -1.38. The lowest BCUT2D eigenvalue weighted by Gasteiger charge is -2.07. The highest BCUT2D eigenvalue weighted by Gasteiger charge is 2.26. The Morgan fingerprint density at radius 3 is 2.53 bits per heavy atom. The van der Waals surface area contributed by atoms with E-state index in [1.807, 2.05) is 0 Å². The Morgan fingerprint density at radius 1 is 1.18 bits per heavy atom. The van der Waals surface area contributed by atoms with Gasteiger partial charge in [-0.15, -0.1) is 0 Å². The predicted molar refractivity (Wildman–Crippen MR) is 66.3 cm³/mol. The molecule has 2 N–H and O–H groups in total. The van der Waals surface area contributed by atoms with Crippen molar-refractivity contribution in [3.8, 4) is 0 Å². The molecule has 1 aliphatic carbocycles. The van der Waals surface area contributed by atoms with Crippen molar-refractivity contribution in [2.45, 2.75) is 18.9 Å². The number of amides is 2. The van der Waals surface area contributed by atoms with Crippen molar-refractivity contribution in [1.29, 1.82) is 0 Å². The first kappa shape index (κ1) is 12.2. The molecule has 4 nitrogen and oxygen atoms in total. The van der Waals surface area contributed by atoms with Gasteiger partial charge in [0, 0.05) is 11.1 Å². The summed E-state index contributed by atoms with van der Waals surface area (Å²) in [7, 11) is 0. The largest absolute Gasteiger partial charge is 0.345 e. The molecule has 1 aromatic rings. The summed E-state index contributed by atoms with van der Waals surface area (Å²) in [6.07, 6.45) is 1.86. The highest BCUT2D eigenvalue weighted by atomic mass is 35.5. The standard InChI is InChI=1S/C11H10Cl2N2O2/c12-6-1-4-8(13)9(5-6)15-11(17)10(16)14-7-2-3-7/h1,4-5,7H,2-3H2,(H,14,16)(H,15,17). The second-order valence-electron chi connectivity index (χ2n) is 3.83. The molecule has 2 rings (SSSR count). The first-order valence-electron chi connectivity index (χ1n) is 5.13. The third kappa shape index (κ3) is 3.35. The number of carbonyl (C=O) groups excluding carboxylic acids is 2. The molecule has 17 heavy (non-hydrogen) atoms. The summed E-state index contributed by atoms with van der Waals surface area (Å²) in [4.78, 5) is 22.9. The Balaban J connectivity index is 2.01. The number of hydrogen-bond acceptors (Lipinski definition) is 2. The van der Waals surface area contributed by atoms with Gasteiger partial charge in [-0.2, -0.15) is 0 Å². The zero-order valence-corrected chi connectivity index (χ0v) is 10.3. The Hall–Kier alpha value is -1.26. The first-order chi connectivity index (χ1) is 8.06. The molecular weight excluding hydrogens is 263 g/mol. The molecule has 0 bridgehead atoms. The molecule has 0 saturated heterocycles. The molecule has 1 aliphatic rings. The lowest BCUT2D eigenvalue weighted by Crippen LogP contribution is -2.36. The number of halogens is 2. The van der Waals surface area contributed by atoms with Crippen LogP contribution in [0.4, 0.5) is 5.69 Å². The second-order valence-corrected chi connectivity index (χ2v) is 4.67. The monoisotopic (exact) mass is 272 g/mol. The van der Waals surface area contributed by atoms with Crippen LogP contribution in [-0.2, 0) is 9.59 Å². The number of carbonyl (C=O) groups is 2. The Morgan fingerprint density at radius 2 is 1.88 bits per heavy atom. The van der Waals surface area contributed by atoms with Crippen LogP contribution < -0.4 is 10.6 Å². The van der Waals surface area contributed by atoms with Gasteiger partial charge in [0.1, 0.15) is 0 Å². The average Bonchev–Trinajstić information content (AvgIpc) is 3.07. The van der Waals surface area contributed by atoms with Crippen molar-refractivity contribution < 1.29 is 9.59 Å². The van der Waals surface area contributed by atoms with Crippen LogP contribution in [0.1, 0.15) is 12.8 Å². The van der Waals surface area contributed by atoms with E-state index in [-0.39, 0.29) is 6.04 Å². The molecule has 2 amide bonds. The van der Waals surface area contributed by atoms with Crippen molar-refractivity contribution in [3.63, 3.8) is 0 Å². The van der Waals surface area contributed by atoms with Crippen molar-refractivity contribution in [1.82, 2.24) is 5.32 Å². The van der Waals surface area contributed by atoms with Gasteiger partial charge in [-0.05, 0) is 31.0 Å². The number of benzene rings is 1. The van der Waals surface area contributed by atoms with Gasteiger partial charge in [0.15, 0.2) is 0 Å². The summed E-state index contributed by atoms with van der Waals surface area (Å²) in [5, 5.41) is 5.77. The molecular formula is C11H10Cl2N2O2. The molecule has 6 heteroatoms. The Labute approximate surface area is 108 Å². The van der Waals surface area contributed by atoms with Crippen LogP contribution in [0, 0.1) is 0 Å². The molecule has 0 aromatic heterocycles. The Kier molecular flexibility index (Phi) is 3.54. The van der Waals surface area contributed by atoms with Crippen LogP contribution in [0.15, 0.2) is 18.2 Å². The average molecular weight is 273 g/mol. The van der Waals surface area contributed by atoms with E-state index >= 15 is 0 Å². The van der Waals surface area contributed by atoms with Gasteiger partial charge in [0.05, 0.1) is 10.7 Å². The van der Waals surface area contributed by atoms with E-state index in [2.05, 4.69) is 10.6 Å². The summed E-state index contributed by atoms with van der Waals surface area (Å²) < 4.78 is 0. The lowest BCUT2D eigenvalue weighted by atomic mass is 10.3. The number of hydrogen-bond donors (Lipinski definition) is 2. The van der Waals surface area contributed by atoms with Crippen LogP contribution in [0.5, 0.6) is 0 Å². The number of anilines is 1. The molecule has 90 valence electrons. The van der Waals surface area contributed by atoms with Crippen LogP contribution in [0.25, 0.3) is 0 Å². The van der Waals surface area contributed by atoms with E-state index in [9.17, 15) is 9.59 Å². The lowest BCUT2D eigenvalue weighted by molar-refractivity contribution is -0.136.